The molecule has 0 spiro atoms. The minimum Gasteiger partial charge on any atom is -0.376 e. The SMILES string of the molecule is Clc1ccc(-c2nnc(NC[C@@H]3CCCO3)c3cnccc23)cc1. The van der Waals surface area contributed by atoms with Gasteiger partial charge in [0.05, 0.1) is 6.10 Å². The van der Waals surface area contributed by atoms with E-state index in [9.17, 15) is 0 Å². The van der Waals surface area contributed by atoms with Gasteiger partial charge in [-0.25, -0.2) is 0 Å². The van der Waals surface area contributed by atoms with E-state index < -0.39 is 0 Å². The van der Waals surface area contributed by atoms with Gasteiger partial charge in [-0.15, -0.1) is 10.2 Å². The van der Waals surface area contributed by atoms with Gasteiger partial charge in [-0.1, -0.05) is 23.7 Å². The molecule has 2 aromatic heterocycles. The molecule has 0 amide bonds. The Balaban J connectivity index is 1.70. The summed E-state index contributed by atoms with van der Waals surface area (Å²) in [6.07, 6.45) is 6.04. The quantitative estimate of drug-likeness (QED) is 0.779. The fraction of sp³-hybridized carbons (Fsp3) is 0.278. The highest BCUT2D eigenvalue weighted by molar-refractivity contribution is 6.30. The van der Waals surface area contributed by atoms with Crippen molar-refractivity contribution in [3.63, 3.8) is 0 Å². The first-order valence-corrected chi connectivity index (χ1v) is 8.41. The highest BCUT2D eigenvalue weighted by Gasteiger charge is 2.17. The van der Waals surface area contributed by atoms with Gasteiger partial charge in [0.2, 0.25) is 0 Å². The van der Waals surface area contributed by atoms with Crippen LogP contribution >= 0.6 is 11.6 Å². The molecule has 4 rings (SSSR count). The number of hydrogen-bond acceptors (Lipinski definition) is 5. The number of pyridine rings is 1. The maximum Gasteiger partial charge on any atom is 0.158 e. The Bertz CT molecular complexity index is 847. The highest BCUT2D eigenvalue weighted by Crippen LogP contribution is 2.29. The van der Waals surface area contributed by atoms with Crippen molar-refractivity contribution in [2.24, 2.45) is 0 Å². The first kappa shape index (κ1) is 15.3. The standard InChI is InChI=1S/C18H17ClN4O/c19-13-5-3-12(4-6-13)17-15-7-8-20-11-16(15)18(23-22-17)21-10-14-2-1-9-24-14/h3-8,11,14H,1-2,9-10H2,(H,21,23)/t14-/m0/s1. The summed E-state index contributed by atoms with van der Waals surface area (Å²) >= 11 is 5.98. The van der Waals surface area contributed by atoms with E-state index in [2.05, 4.69) is 20.5 Å². The molecule has 1 aromatic carbocycles. The first-order chi connectivity index (χ1) is 11.8. The summed E-state index contributed by atoms with van der Waals surface area (Å²) in [6.45, 7) is 1.58. The second-order valence-electron chi connectivity index (χ2n) is 5.84. The van der Waals surface area contributed by atoms with Gasteiger partial charge in [-0.05, 0) is 31.0 Å². The van der Waals surface area contributed by atoms with Crippen LogP contribution in [0.15, 0.2) is 42.7 Å². The van der Waals surface area contributed by atoms with E-state index >= 15 is 0 Å². The van der Waals surface area contributed by atoms with Gasteiger partial charge < -0.3 is 10.1 Å². The molecule has 0 aliphatic carbocycles. The van der Waals surface area contributed by atoms with Crippen LogP contribution in [0.1, 0.15) is 12.8 Å². The zero-order chi connectivity index (χ0) is 16.4. The van der Waals surface area contributed by atoms with Gasteiger partial charge in [0.1, 0.15) is 5.69 Å². The number of benzene rings is 1. The number of fused-ring (bicyclic) bond motifs is 1. The Morgan fingerprint density at radius 1 is 1.12 bits per heavy atom. The van der Waals surface area contributed by atoms with Crippen molar-refractivity contribution < 1.29 is 4.74 Å². The molecule has 1 saturated heterocycles. The minimum atomic E-state index is 0.245. The molecule has 3 aromatic rings. The first-order valence-electron chi connectivity index (χ1n) is 8.03. The highest BCUT2D eigenvalue weighted by atomic mass is 35.5. The molecule has 1 N–H and O–H groups in total. The monoisotopic (exact) mass is 340 g/mol. The Kier molecular flexibility index (Phi) is 4.28. The smallest absolute Gasteiger partial charge is 0.158 e. The number of nitrogens with one attached hydrogen (secondary N) is 1. The Hall–Kier alpha value is -2.24. The van der Waals surface area contributed by atoms with Gasteiger partial charge in [0.15, 0.2) is 5.82 Å². The Labute approximate surface area is 145 Å². The molecule has 0 unspecified atom stereocenters. The van der Waals surface area contributed by atoms with Crippen molar-refractivity contribution in [1.29, 1.82) is 0 Å². The van der Waals surface area contributed by atoms with Gasteiger partial charge in [-0.2, -0.15) is 0 Å². The summed E-state index contributed by atoms with van der Waals surface area (Å²) < 4.78 is 5.65. The van der Waals surface area contributed by atoms with Crippen molar-refractivity contribution >= 4 is 28.2 Å². The average Bonchev–Trinajstić information content (AvgIpc) is 3.14. The summed E-state index contributed by atoms with van der Waals surface area (Å²) in [7, 11) is 0. The third-order valence-electron chi connectivity index (χ3n) is 4.22. The number of halogens is 1. The summed E-state index contributed by atoms with van der Waals surface area (Å²) in [5.41, 5.74) is 1.81. The van der Waals surface area contributed by atoms with Crippen LogP contribution in [0, 0.1) is 0 Å². The normalized spacial score (nSPS) is 17.3. The van der Waals surface area contributed by atoms with Gasteiger partial charge in [0, 0.05) is 46.9 Å². The van der Waals surface area contributed by atoms with Crippen molar-refractivity contribution in [1.82, 2.24) is 15.2 Å². The lowest BCUT2D eigenvalue weighted by atomic mass is 10.1. The van der Waals surface area contributed by atoms with Gasteiger partial charge >= 0.3 is 0 Å². The summed E-state index contributed by atoms with van der Waals surface area (Å²) in [6, 6.07) is 9.58. The lowest BCUT2D eigenvalue weighted by Gasteiger charge is -2.13. The molecule has 6 heteroatoms. The summed E-state index contributed by atoms with van der Waals surface area (Å²) in [5, 5.41) is 14.8. The molecule has 1 aliphatic heterocycles. The molecule has 5 nitrogen and oxygen atoms in total. The van der Waals surface area contributed by atoms with Crippen molar-refractivity contribution in [3.05, 3.63) is 47.7 Å². The molecular weight excluding hydrogens is 324 g/mol. The fourth-order valence-electron chi connectivity index (χ4n) is 2.96. The molecule has 0 bridgehead atoms. The van der Waals surface area contributed by atoms with Crippen molar-refractivity contribution in [2.75, 3.05) is 18.5 Å². The molecular formula is C18H17ClN4O. The molecule has 1 atom stereocenters. The van der Waals surface area contributed by atoms with E-state index in [-0.39, 0.29) is 6.10 Å². The van der Waals surface area contributed by atoms with E-state index in [1.54, 1.807) is 6.20 Å². The zero-order valence-electron chi connectivity index (χ0n) is 13.1. The number of aromatic nitrogens is 3. The predicted octanol–water partition coefficient (Wildman–Crippen LogP) is 3.94. The van der Waals surface area contributed by atoms with Crippen LogP contribution in [0.4, 0.5) is 5.82 Å². The van der Waals surface area contributed by atoms with Crippen LogP contribution in [0.2, 0.25) is 5.02 Å². The van der Waals surface area contributed by atoms with Gasteiger partial charge in [0.25, 0.3) is 0 Å². The lowest BCUT2D eigenvalue weighted by molar-refractivity contribution is 0.120. The minimum absolute atomic E-state index is 0.245. The van der Waals surface area contributed by atoms with Crippen LogP contribution < -0.4 is 5.32 Å². The van der Waals surface area contributed by atoms with E-state index in [4.69, 9.17) is 16.3 Å². The Morgan fingerprint density at radius 3 is 2.79 bits per heavy atom. The molecule has 1 fully saturated rings. The third kappa shape index (κ3) is 3.05. The van der Waals surface area contributed by atoms with E-state index in [0.717, 1.165) is 53.8 Å². The van der Waals surface area contributed by atoms with E-state index in [1.807, 2.05) is 36.5 Å². The summed E-state index contributed by atoms with van der Waals surface area (Å²) in [4.78, 5) is 4.24. The van der Waals surface area contributed by atoms with Gasteiger partial charge in [-0.3, -0.25) is 4.98 Å². The fourth-order valence-corrected chi connectivity index (χ4v) is 3.09. The van der Waals surface area contributed by atoms with Crippen LogP contribution in [-0.4, -0.2) is 34.4 Å². The zero-order valence-corrected chi connectivity index (χ0v) is 13.8. The molecule has 24 heavy (non-hydrogen) atoms. The molecule has 3 heterocycles. The number of nitrogens with zero attached hydrogens (tertiary/aromatic N) is 3. The van der Waals surface area contributed by atoms with E-state index in [1.165, 1.54) is 0 Å². The molecule has 0 radical (unpaired) electrons. The average molecular weight is 341 g/mol. The number of rotatable bonds is 4. The summed E-state index contributed by atoms with van der Waals surface area (Å²) in [5.74, 6) is 0.742. The molecule has 122 valence electrons. The van der Waals surface area contributed by atoms with E-state index in [0.29, 0.717) is 5.02 Å². The lowest BCUT2D eigenvalue weighted by Crippen LogP contribution is -2.19. The maximum absolute atomic E-state index is 5.98. The predicted molar refractivity (Wildman–Crippen MR) is 95.2 cm³/mol. The number of ether oxygens (including phenoxy) is 1. The Morgan fingerprint density at radius 2 is 2.00 bits per heavy atom. The largest absolute Gasteiger partial charge is 0.376 e. The van der Waals surface area contributed by atoms with Crippen molar-refractivity contribution in [3.8, 4) is 11.3 Å². The second kappa shape index (κ2) is 6.71. The van der Waals surface area contributed by atoms with Crippen LogP contribution in [-0.2, 0) is 4.74 Å². The van der Waals surface area contributed by atoms with Crippen LogP contribution in [0.25, 0.3) is 22.0 Å². The maximum atomic E-state index is 5.98. The third-order valence-corrected chi connectivity index (χ3v) is 4.47. The topological polar surface area (TPSA) is 59.9 Å². The second-order valence-corrected chi connectivity index (χ2v) is 6.28. The number of hydrogen-bond donors (Lipinski definition) is 1. The molecule has 0 saturated carbocycles. The molecule has 1 aliphatic rings. The van der Waals surface area contributed by atoms with Crippen LogP contribution in [0.5, 0.6) is 0 Å². The number of anilines is 1. The van der Waals surface area contributed by atoms with Crippen LogP contribution in [0.3, 0.4) is 0 Å². The van der Waals surface area contributed by atoms with Crippen molar-refractivity contribution in [2.45, 2.75) is 18.9 Å².